The zero-order chi connectivity index (χ0) is 14.7. The molecule has 0 aliphatic rings. The summed E-state index contributed by atoms with van der Waals surface area (Å²) in [7, 11) is 1.86. The Bertz CT molecular complexity index is 637. The van der Waals surface area contributed by atoms with E-state index in [9.17, 15) is 9.18 Å². The van der Waals surface area contributed by atoms with E-state index in [2.05, 4.69) is 10.4 Å². The number of aryl methyl sites for hydroxylation is 1. The fourth-order valence-corrected chi connectivity index (χ4v) is 1.89. The minimum atomic E-state index is -1.06. The molecule has 0 bridgehead atoms. The molecule has 0 aliphatic heterocycles. The molecule has 1 aromatic carbocycles. The number of nitrogens with zero attached hydrogens (tertiary/aromatic N) is 2. The number of hydrogen-bond donors (Lipinski definition) is 2. The average Bonchev–Trinajstić information content (AvgIpc) is 2.72. The fraction of sp³-hybridized carbons (Fsp3) is 0.286. The Morgan fingerprint density at radius 2 is 2.10 bits per heavy atom. The first kappa shape index (κ1) is 14.2. The molecule has 1 aromatic heterocycles. The molecule has 5 nitrogen and oxygen atoms in total. The first-order chi connectivity index (χ1) is 9.49. The van der Waals surface area contributed by atoms with E-state index in [1.165, 1.54) is 18.2 Å². The third-order valence-electron chi connectivity index (χ3n) is 3.26. The van der Waals surface area contributed by atoms with Crippen LogP contribution in [0, 0.1) is 12.7 Å². The van der Waals surface area contributed by atoms with E-state index in [4.69, 9.17) is 5.11 Å². The summed E-state index contributed by atoms with van der Waals surface area (Å²) in [6, 6.07) is 3.78. The molecule has 20 heavy (non-hydrogen) atoms. The SMILES string of the molecule is Cc1c(CNCc2cc(C(=O)O)ccc2F)cnn1C. The van der Waals surface area contributed by atoms with E-state index in [1.807, 2.05) is 14.0 Å². The highest BCUT2D eigenvalue weighted by Crippen LogP contribution is 2.11. The van der Waals surface area contributed by atoms with Crippen molar-refractivity contribution in [1.82, 2.24) is 15.1 Å². The van der Waals surface area contributed by atoms with Crippen LogP contribution in [0.2, 0.25) is 0 Å². The molecule has 0 fully saturated rings. The molecule has 0 unspecified atom stereocenters. The Morgan fingerprint density at radius 1 is 1.40 bits per heavy atom. The van der Waals surface area contributed by atoms with Gasteiger partial charge in [-0.05, 0) is 25.1 Å². The van der Waals surface area contributed by atoms with E-state index in [1.54, 1.807) is 10.9 Å². The van der Waals surface area contributed by atoms with Crippen molar-refractivity contribution in [3.05, 3.63) is 52.6 Å². The van der Waals surface area contributed by atoms with Gasteiger partial charge < -0.3 is 10.4 Å². The summed E-state index contributed by atoms with van der Waals surface area (Å²) in [6.45, 7) is 2.77. The highest BCUT2D eigenvalue weighted by molar-refractivity contribution is 5.87. The number of benzene rings is 1. The van der Waals surface area contributed by atoms with Gasteiger partial charge >= 0.3 is 5.97 Å². The number of rotatable bonds is 5. The van der Waals surface area contributed by atoms with E-state index in [0.29, 0.717) is 12.1 Å². The number of carboxylic acids is 1. The molecule has 2 aromatic rings. The van der Waals surface area contributed by atoms with Crippen molar-refractivity contribution in [3.8, 4) is 0 Å². The van der Waals surface area contributed by atoms with Gasteiger partial charge in [0.15, 0.2) is 0 Å². The largest absolute Gasteiger partial charge is 0.478 e. The summed E-state index contributed by atoms with van der Waals surface area (Å²) in [4.78, 5) is 10.9. The van der Waals surface area contributed by atoms with Crippen LogP contribution in [-0.4, -0.2) is 20.9 Å². The van der Waals surface area contributed by atoms with Gasteiger partial charge in [0.1, 0.15) is 5.82 Å². The predicted molar refractivity (Wildman–Crippen MR) is 71.8 cm³/mol. The zero-order valence-electron chi connectivity index (χ0n) is 11.4. The number of hydrogen-bond acceptors (Lipinski definition) is 3. The second-order valence-electron chi connectivity index (χ2n) is 4.59. The first-order valence-electron chi connectivity index (χ1n) is 6.19. The molecule has 0 saturated carbocycles. The number of carbonyl (C=O) groups is 1. The Hall–Kier alpha value is -2.21. The van der Waals surface area contributed by atoms with E-state index < -0.39 is 11.8 Å². The molecule has 0 atom stereocenters. The molecule has 6 heteroatoms. The number of nitrogens with one attached hydrogen (secondary N) is 1. The molecule has 0 spiro atoms. The van der Waals surface area contributed by atoms with Gasteiger partial charge in [-0.15, -0.1) is 0 Å². The summed E-state index contributed by atoms with van der Waals surface area (Å²) in [5, 5.41) is 16.1. The van der Waals surface area contributed by atoms with E-state index in [-0.39, 0.29) is 12.1 Å². The van der Waals surface area contributed by atoms with Crippen molar-refractivity contribution in [3.63, 3.8) is 0 Å². The van der Waals surface area contributed by atoms with Gasteiger partial charge in [0.05, 0.1) is 11.8 Å². The minimum Gasteiger partial charge on any atom is -0.478 e. The number of aromatic nitrogens is 2. The number of carboxylic acid groups (broad SMARTS) is 1. The molecule has 1 heterocycles. The topological polar surface area (TPSA) is 67.2 Å². The van der Waals surface area contributed by atoms with Gasteiger partial charge in [-0.25, -0.2) is 9.18 Å². The highest BCUT2D eigenvalue weighted by atomic mass is 19.1. The number of halogens is 1. The maximum atomic E-state index is 13.6. The third kappa shape index (κ3) is 3.03. The van der Waals surface area contributed by atoms with Gasteiger partial charge in [-0.1, -0.05) is 0 Å². The lowest BCUT2D eigenvalue weighted by atomic mass is 10.1. The van der Waals surface area contributed by atoms with Crippen LogP contribution in [0.4, 0.5) is 4.39 Å². The molecular weight excluding hydrogens is 261 g/mol. The second-order valence-corrected chi connectivity index (χ2v) is 4.59. The van der Waals surface area contributed by atoms with Crippen molar-refractivity contribution in [1.29, 1.82) is 0 Å². The lowest BCUT2D eigenvalue weighted by Gasteiger charge is -2.07. The Labute approximate surface area is 116 Å². The first-order valence-corrected chi connectivity index (χ1v) is 6.19. The monoisotopic (exact) mass is 277 g/mol. The summed E-state index contributed by atoms with van der Waals surface area (Å²) < 4.78 is 15.4. The smallest absolute Gasteiger partial charge is 0.335 e. The maximum absolute atomic E-state index is 13.6. The minimum absolute atomic E-state index is 0.0840. The van der Waals surface area contributed by atoms with Crippen LogP contribution in [0.15, 0.2) is 24.4 Å². The van der Waals surface area contributed by atoms with Gasteiger partial charge in [-0.2, -0.15) is 5.10 Å². The van der Waals surface area contributed by atoms with Crippen molar-refractivity contribution in [2.45, 2.75) is 20.0 Å². The van der Waals surface area contributed by atoms with Gasteiger partial charge in [0.2, 0.25) is 0 Å². The molecule has 2 rings (SSSR count). The summed E-state index contributed by atoms with van der Waals surface area (Å²) in [5.41, 5.74) is 2.49. The molecule has 0 aliphatic carbocycles. The normalized spacial score (nSPS) is 10.8. The van der Waals surface area contributed by atoms with E-state index in [0.717, 1.165) is 11.3 Å². The van der Waals surface area contributed by atoms with Crippen LogP contribution in [-0.2, 0) is 20.1 Å². The van der Waals surface area contributed by atoms with Crippen LogP contribution in [0.1, 0.15) is 27.2 Å². The summed E-state index contributed by atoms with van der Waals surface area (Å²) in [6.07, 6.45) is 1.76. The molecule has 0 amide bonds. The molecular formula is C14H16FN3O2. The predicted octanol–water partition coefficient (Wildman–Crippen LogP) is 1.86. The maximum Gasteiger partial charge on any atom is 0.335 e. The zero-order valence-corrected chi connectivity index (χ0v) is 11.4. The Morgan fingerprint density at radius 3 is 2.70 bits per heavy atom. The Balaban J connectivity index is 2.02. The number of aromatic carboxylic acids is 1. The van der Waals surface area contributed by atoms with Crippen molar-refractivity contribution in [2.24, 2.45) is 7.05 Å². The van der Waals surface area contributed by atoms with Crippen LogP contribution < -0.4 is 5.32 Å². The van der Waals surface area contributed by atoms with Gasteiger partial charge in [-0.3, -0.25) is 4.68 Å². The highest BCUT2D eigenvalue weighted by Gasteiger charge is 2.09. The fourth-order valence-electron chi connectivity index (χ4n) is 1.89. The van der Waals surface area contributed by atoms with Gasteiger partial charge in [0, 0.05) is 37.0 Å². The van der Waals surface area contributed by atoms with Crippen molar-refractivity contribution >= 4 is 5.97 Å². The third-order valence-corrected chi connectivity index (χ3v) is 3.26. The van der Waals surface area contributed by atoms with Crippen molar-refractivity contribution in [2.75, 3.05) is 0 Å². The molecule has 106 valence electrons. The van der Waals surface area contributed by atoms with Crippen LogP contribution in [0.5, 0.6) is 0 Å². The van der Waals surface area contributed by atoms with Crippen LogP contribution in [0.3, 0.4) is 0 Å². The quantitative estimate of drug-likeness (QED) is 0.875. The summed E-state index contributed by atoms with van der Waals surface area (Å²) in [5.74, 6) is -1.47. The van der Waals surface area contributed by atoms with Crippen LogP contribution in [0.25, 0.3) is 0 Å². The van der Waals surface area contributed by atoms with Crippen molar-refractivity contribution < 1.29 is 14.3 Å². The molecule has 0 radical (unpaired) electrons. The Kier molecular flexibility index (Phi) is 4.14. The van der Waals surface area contributed by atoms with E-state index >= 15 is 0 Å². The average molecular weight is 277 g/mol. The van der Waals surface area contributed by atoms with Crippen LogP contribution >= 0.6 is 0 Å². The second kappa shape index (κ2) is 5.83. The lowest BCUT2D eigenvalue weighted by molar-refractivity contribution is 0.0696. The lowest BCUT2D eigenvalue weighted by Crippen LogP contribution is -2.15. The van der Waals surface area contributed by atoms with Gasteiger partial charge in [0.25, 0.3) is 0 Å². The standard InChI is InChI=1S/C14H16FN3O2/c1-9-12(8-17-18(9)2)7-16-6-11-5-10(14(19)20)3-4-13(11)15/h3-5,8,16H,6-7H2,1-2H3,(H,19,20). The summed E-state index contributed by atoms with van der Waals surface area (Å²) >= 11 is 0. The molecule has 2 N–H and O–H groups in total. The molecule has 0 saturated heterocycles.